The van der Waals surface area contributed by atoms with Crippen molar-refractivity contribution in [2.45, 2.75) is 32.7 Å². The normalized spacial score (nSPS) is 15.8. The van der Waals surface area contributed by atoms with Crippen molar-refractivity contribution in [1.29, 1.82) is 0 Å². The smallest absolute Gasteiger partial charge is 0.142 e. The van der Waals surface area contributed by atoms with Crippen LogP contribution < -0.4 is 10.1 Å². The van der Waals surface area contributed by atoms with E-state index in [2.05, 4.69) is 19.2 Å². The van der Waals surface area contributed by atoms with Gasteiger partial charge >= 0.3 is 0 Å². The van der Waals surface area contributed by atoms with Gasteiger partial charge in [-0.2, -0.15) is 0 Å². The van der Waals surface area contributed by atoms with Crippen molar-refractivity contribution in [2.75, 3.05) is 13.2 Å². The molecule has 0 bridgehead atoms. The second-order valence-corrected chi connectivity index (χ2v) is 6.09. The Balaban J connectivity index is 1.82. The molecule has 2 rings (SSSR count). The molecule has 1 aliphatic carbocycles. The van der Waals surface area contributed by atoms with Gasteiger partial charge in [0, 0.05) is 24.1 Å². The molecule has 1 aliphatic rings. The van der Waals surface area contributed by atoms with E-state index in [9.17, 15) is 4.39 Å². The summed E-state index contributed by atoms with van der Waals surface area (Å²) in [4.78, 5) is 0. The maximum absolute atomic E-state index is 13.0. The standard InChI is InChI=1S/C14H19ClFNO/c1-14(2,8-17-10-3-4-10)9-18-11-5-6-13(16)12(15)7-11/h5-7,10,17H,3-4,8-9H2,1-2H3. The molecule has 0 spiro atoms. The molecule has 2 nitrogen and oxygen atoms in total. The predicted octanol–water partition coefficient (Wildman–Crippen LogP) is 3.64. The molecular formula is C14H19ClFNO. The van der Waals surface area contributed by atoms with Crippen molar-refractivity contribution in [3.63, 3.8) is 0 Å². The molecule has 0 amide bonds. The fourth-order valence-corrected chi connectivity index (χ4v) is 1.77. The summed E-state index contributed by atoms with van der Waals surface area (Å²) in [5, 5.41) is 3.59. The Morgan fingerprint density at radius 1 is 1.44 bits per heavy atom. The highest BCUT2D eigenvalue weighted by Gasteiger charge is 2.25. The van der Waals surface area contributed by atoms with Gasteiger partial charge in [-0.15, -0.1) is 0 Å². The molecule has 0 radical (unpaired) electrons. The first-order valence-electron chi connectivity index (χ1n) is 6.27. The van der Waals surface area contributed by atoms with Crippen molar-refractivity contribution in [2.24, 2.45) is 5.41 Å². The lowest BCUT2D eigenvalue weighted by molar-refractivity contribution is 0.176. The van der Waals surface area contributed by atoms with Gasteiger partial charge in [-0.05, 0) is 25.0 Å². The zero-order valence-electron chi connectivity index (χ0n) is 10.8. The highest BCUT2D eigenvalue weighted by molar-refractivity contribution is 6.30. The van der Waals surface area contributed by atoms with Crippen molar-refractivity contribution in [3.05, 3.63) is 29.0 Å². The van der Waals surface area contributed by atoms with Crippen LogP contribution in [0.25, 0.3) is 0 Å². The van der Waals surface area contributed by atoms with E-state index >= 15 is 0 Å². The van der Waals surface area contributed by atoms with Gasteiger partial charge in [0.05, 0.1) is 11.6 Å². The third kappa shape index (κ3) is 4.14. The second kappa shape index (κ2) is 5.45. The second-order valence-electron chi connectivity index (χ2n) is 5.68. The number of halogens is 2. The molecule has 4 heteroatoms. The molecular weight excluding hydrogens is 253 g/mol. The maximum atomic E-state index is 13.0. The van der Waals surface area contributed by atoms with Crippen LogP contribution in [-0.2, 0) is 0 Å². The summed E-state index contributed by atoms with van der Waals surface area (Å²) >= 11 is 5.71. The molecule has 0 atom stereocenters. The van der Waals surface area contributed by atoms with Gasteiger partial charge < -0.3 is 10.1 Å². The number of hydrogen-bond acceptors (Lipinski definition) is 2. The van der Waals surface area contributed by atoms with E-state index < -0.39 is 5.82 Å². The number of rotatable bonds is 6. The van der Waals surface area contributed by atoms with Gasteiger partial charge in [0.1, 0.15) is 11.6 Å². The molecule has 1 aromatic carbocycles. The monoisotopic (exact) mass is 271 g/mol. The maximum Gasteiger partial charge on any atom is 0.142 e. The van der Waals surface area contributed by atoms with E-state index in [0.717, 1.165) is 6.54 Å². The predicted molar refractivity (Wildman–Crippen MR) is 71.7 cm³/mol. The Kier molecular flexibility index (Phi) is 4.13. The first-order valence-corrected chi connectivity index (χ1v) is 6.65. The number of hydrogen-bond donors (Lipinski definition) is 1. The molecule has 0 aliphatic heterocycles. The molecule has 1 aromatic rings. The summed E-state index contributed by atoms with van der Waals surface area (Å²) in [7, 11) is 0. The van der Waals surface area contributed by atoms with Crippen molar-refractivity contribution in [3.8, 4) is 5.75 Å². The molecule has 0 saturated heterocycles. The van der Waals surface area contributed by atoms with E-state index in [1.165, 1.54) is 25.0 Å². The number of nitrogens with one attached hydrogen (secondary N) is 1. The Bertz CT molecular complexity index is 418. The summed E-state index contributed by atoms with van der Waals surface area (Å²) in [6.45, 7) is 5.79. The molecule has 0 heterocycles. The van der Waals surface area contributed by atoms with Crippen LogP contribution in [0.2, 0.25) is 5.02 Å². The molecule has 1 N–H and O–H groups in total. The first kappa shape index (κ1) is 13.6. The Morgan fingerprint density at radius 2 is 2.17 bits per heavy atom. The SMILES string of the molecule is CC(C)(CNC1CC1)COc1ccc(F)c(Cl)c1. The zero-order valence-corrected chi connectivity index (χ0v) is 11.6. The van der Waals surface area contributed by atoms with E-state index in [1.807, 2.05) is 0 Å². The third-order valence-electron chi connectivity index (χ3n) is 2.97. The molecule has 1 saturated carbocycles. The van der Waals surface area contributed by atoms with Gasteiger partial charge in [-0.1, -0.05) is 25.4 Å². The third-order valence-corrected chi connectivity index (χ3v) is 3.26. The fraction of sp³-hybridized carbons (Fsp3) is 0.571. The van der Waals surface area contributed by atoms with Crippen molar-refractivity contribution < 1.29 is 9.13 Å². The molecule has 0 unspecified atom stereocenters. The van der Waals surface area contributed by atoms with Crippen molar-refractivity contribution in [1.82, 2.24) is 5.32 Å². The summed E-state index contributed by atoms with van der Waals surface area (Å²) in [6.07, 6.45) is 2.56. The zero-order chi connectivity index (χ0) is 13.2. The summed E-state index contributed by atoms with van der Waals surface area (Å²) in [6, 6.07) is 5.14. The average molecular weight is 272 g/mol. The van der Waals surface area contributed by atoms with Crippen LogP contribution in [0, 0.1) is 11.2 Å². The average Bonchev–Trinajstić information content (AvgIpc) is 3.12. The molecule has 100 valence electrons. The number of ether oxygens (including phenoxy) is 1. The Hall–Kier alpha value is -0.800. The molecule has 1 fully saturated rings. The largest absolute Gasteiger partial charge is 0.493 e. The van der Waals surface area contributed by atoms with Gasteiger partial charge in [0.2, 0.25) is 0 Å². The van der Waals surface area contributed by atoms with Crippen LogP contribution in [0.4, 0.5) is 4.39 Å². The van der Waals surface area contributed by atoms with E-state index in [-0.39, 0.29) is 10.4 Å². The lowest BCUT2D eigenvalue weighted by Gasteiger charge is -2.25. The van der Waals surface area contributed by atoms with Crippen LogP contribution in [0.3, 0.4) is 0 Å². The van der Waals surface area contributed by atoms with Gasteiger partial charge in [-0.3, -0.25) is 0 Å². The number of benzene rings is 1. The molecule has 18 heavy (non-hydrogen) atoms. The minimum absolute atomic E-state index is 0.0451. The summed E-state index contributed by atoms with van der Waals surface area (Å²) < 4.78 is 18.7. The first-order chi connectivity index (χ1) is 8.46. The van der Waals surface area contributed by atoms with E-state index in [0.29, 0.717) is 18.4 Å². The lowest BCUT2D eigenvalue weighted by atomic mass is 9.95. The van der Waals surface area contributed by atoms with Crippen LogP contribution in [-0.4, -0.2) is 19.2 Å². The van der Waals surface area contributed by atoms with Crippen molar-refractivity contribution >= 4 is 11.6 Å². The summed E-state index contributed by atoms with van der Waals surface area (Å²) in [5.74, 6) is 0.194. The lowest BCUT2D eigenvalue weighted by Crippen LogP contribution is -2.35. The van der Waals surface area contributed by atoms with Crippen LogP contribution in [0.5, 0.6) is 5.75 Å². The van der Waals surface area contributed by atoms with E-state index in [1.54, 1.807) is 6.07 Å². The minimum Gasteiger partial charge on any atom is -0.493 e. The highest BCUT2D eigenvalue weighted by Crippen LogP contribution is 2.25. The van der Waals surface area contributed by atoms with Gasteiger partial charge in [0.25, 0.3) is 0 Å². The summed E-state index contributed by atoms with van der Waals surface area (Å²) in [5.41, 5.74) is 0.0451. The Morgan fingerprint density at radius 3 is 2.78 bits per heavy atom. The molecule has 0 aromatic heterocycles. The highest BCUT2D eigenvalue weighted by atomic mass is 35.5. The van der Waals surface area contributed by atoms with Crippen LogP contribution >= 0.6 is 11.6 Å². The van der Waals surface area contributed by atoms with Crippen LogP contribution in [0.1, 0.15) is 26.7 Å². The topological polar surface area (TPSA) is 21.3 Å². The quantitative estimate of drug-likeness (QED) is 0.853. The van der Waals surface area contributed by atoms with Gasteiger partial charge in [0.15, 0.2) is 0 Å². The fourth-order valence-electron chi connectivity index (χ4n) is 1.60. The van der Waals surface area contributed by atoms with Crippen LogP contribution in [0.15, 0.2) is 18.2 Å². The van der Waals surface area contributed by atoms with E-state index in [4.69, 9.17) is 16.3 Å². The minimum atomic E-state index is -0.418. The van der Waals surface area contributed by atoms with Gasteiger partial charge in [-0.25, -0.2) is 4.39 Å². The Labute approximate surface area is 112 Å².